The van der Waals surface area contributed by atoms with E-state index >= 15 is 0 Å². The molecule has 1 N–H and O–H groups in total. The maximum Gasteiger partial charge on any atom is 0.0900 e. The molecule has 1 aliphatic rings. The predicted octanol–water partition coefficient (Wildman–Crippen LogP) is 3.14. The largest absolute Gasteiger partial charge is 0.308 e. The van der Waals surface area contributed by atoms with Crippen molar-refractivity contribution >= 4 is 11.3 Å². The Labute approximate surface area is 121 Å². The van der Waals surface area contributed by atoms with Crippen LogP contribution in [0.1, 0.15) is 48.3 Å². The number of rotatable bonds is 4. The number of aryl methyl sites for hydroxylation is 2. The van der Waals surface area contributed by atoms with E-state index in [1.807, 2.05) is 0 Å². The Morgan fingerprint density at radius 2 is 2.00 bits per heavy atom. The number of hydrogen-bond acceptors (Lipinski definition) is 4. The fourth-order valence-electron chi connectivity index (χ4n) is 2.78. The molecule has 0 saturated carbocycles. The van der Waals surface area contributed by atoms with Crippen molar-refractivity contribution in [2.24, 2.45) is 5.41 Å². The summed E-state index contributed by atoms with van der Waals surface area (Å²) >= 11 is 1.80. The third-order valence-electron chi connectivity index (χ3n) is 4.38. The molecule has 0 aliphatic carbocycles. The minimum absolute atomic E-state index is 0.362. The van der Waals surface area contributed by atoms with Crippen LogP contribution in [0.4, 0.5) is 0 Å². The smallest absolute Gasteiger partial charge is 0.0900 e. The molecule has 1 aromatic rings. The highest BCUT2D eigenvalue weighted by molar-refractivity contribution is 7.11. The van der Waals surface area contributed by atoms with Crippen molar-refractivity contribution in [3.05, 3.63) is 15.6 Å². The van der Waals surface area contributed by atoms with Gasteiger partial charge in [0.15, 0.2) is 0 Å². The first-order valence-electron chi connectivity index (χ1n) is 7.25. The summed E-state index contributed by atoms with van der Waals surface area (Å²) in [4.78, 5) is 8.44. The molecule has 2 heterocycles. The summed E-state index contributed by atoms with van der Waals surface area (Å²) in [7, 11) is 2.22. The molecule has 2 rings (SSSR count). The number of piperidine rings is 1. The summed E-state index contributed by atoms with van der Waals surface area (Å²) < 4.78 is 0. The van der Waals surface area contributed by atoms with E-state index < -0.39 is 0 Å². The van der Waals surface area contributed by atoms with Crippen molar-refractivity contribution < 1.29 is 0 Å². The molecule has 3 nitrogen and oxygen atoms in total. The van der Waals surface area contributed by atoms with Gasteiger partial charge >= 0.3 is 0 Å². The van der Waals surface area contributed by atoms with Crippen molar-refractivity contribution in [3.8, 4) is 0 Å². The van der Waals surface area contributed by atoms with Crippen LogP contribution in [0.5, 0.6) is 0 Å². The van der Waals surface area contributed by atoms with Crippen LogP contribution >= 0.6 is 11.3 Å². The van der Waals surface area contributed by atoms with Gasteiger partial charge in [0.25, 0.3) is 0 Å². The molecule has 19 heavy (non-hydrogen) atoms. The highest BCUT2D eigenvalue weighted by Gasteiger charge is 2.29. The van der Waals surface area contributed by atoms with Gasteiger partial charge in [0, 0.05) is 17.5 Å². The highest BCUT2D eigenvalue weighted by atomic mass is 32.1. The van der Waals surface area contributed by atoms with Crippen molar-refractivity contribution in [3.63, 3.8) is 0 Å². The van der Waals surface area contributed by atoms with Gasteiger partial charge < -0.3 is 10.2 Å². The molecule has 0 bridgehead atoms. The van der Waals surface area contributed by atoms with Crippen LogP contribution in [-0.2, 0) is 0 Å². The van der Waals surface area contributed by atoms with Crippen molar-refractivity contribution in [1.82, 2.24) is 15.2 Å². The van der Waals surface area contributed by atoms with E-state index in [1.54, 1.807) is 11.3 Å². The van der Waals surface area contributed by atoms with Gasteiger partial charge in [0.05, 0.1) is 10.7 Å². The van der Waals surface area contributed by atoms with Crippen LogP contribution in [0.25, 0.3) is 0 Å². The molecule has 1 atom stereocenters. The SMILES string of the molecule is Cc1nc(C(C)NCC2(C)CCN(C)CC2)c(C)s1. The molecular formula is C15H27N3S. The fraction of sp³-hybridized carbons (Fsp3) is 0.800. The lowest BCUT2D eigenvalue weighted by Gasteiger charge is -2.38. The van der Waals surface area contributed by atoms with E-state index in [9.17, 15) is 0 Å². The number of nitrogens with one attached hydrogen (secondary N) is 1. The molecule has 0 spiro atoms. The monoisotopic (exact) mass is 281 g/mol. The van der Waals surface area contributed by atoms with Crippen LogP contribution in [0.15, 0.2) is 0 Å². The second-order valence-electron chi connectivity index (χ2n) is 6.39. The highest BCUT2D eigenvalue weighted by Crippen LogP contribution is 2.31. The Morgan fingerprint density at radius 3 is 2.53 bits per heavy atom. The quantitative estimate of drug-likeness (QED) is 0.919. The lowest BCUT2D eigenvalue weighted by Crippen LogP contribution is -2.42. The Hall–Kier alpha value is -0.450. The third-order valence-corrected chi connectivity index (χ3v) is 5.28. The zero-order valence-electron chi connectivity index (χ0n) is 12.9. The maximum absolute atomic E-state index is 4.66. The first-order valence-corrected chi connectivity index (χ1v) is 8.07. The van der Waals surface area contributed by atoms with Gasteiger partial charge in [-0.15, -0.1) is 11.3 Å². The Morgan fingerprint density at radius 1 is 1.37 bits per heavy atom. The van der Waals surface area contributed by atoms with Crippen LogP contribution in [0.3, 0.4) is 0 Å². The number of likely N-dealkylation sites (tertiary alicyclic amines) is 1. The molecule has 4 heteroatoms. The standard InChI is InChI=1S/C15H27N3S/c1-11(14-12(2)19-13(3)17-14)16-10-15(4)6-8-18(5)9-7-15/h11,16H,6-10H2,1-5H3. The first kappa shape index (κ1) is 14.9. The second kappa shape index (κ2) is 5.90. The Kier molecular flexibility index (Phi) is 4.64. The maximum atomic E-state index is 4.66. The second-order valence-corrected chi connectivity index (χ2v) is 7.80. The number of nitrogens with zero attached hydrogens (tertiary/aromatic N) is 2. The molecule has 1 unspecified atom stereocenters. The number of thiazole rings is 1. The van der Waals surface area contributed by atoms with E-state index in [4.69, 9.17) is 0 Å². The predicted molar refractivity (Wildman–Crippen MR) is 82.8 cm³/mol. The van der Waals surface area contributed by atoms with Gasteiger partial charge in [-0.2, -0.15) is 0 Å². The van der Waals surface area contributed by atoms with E-state index in [1.165, 1.54) is 41.5 Å². The van der Waals surface area contributed by atoms with Gasteiger partial charge in [-0.25, -0.2) is 4.98 Å². The Bertz CT molecular complexity index is 419. The first-order chi connectivity index (χ1) is 8.89. The van der Waals surface area contributed by atoms with Crippen LogP contribution in [0.2, 0.25) is 0 Å². The van der Waals surface area contributed by atoms with E-state index in [-0.39, 0.29) is 0 Å². The Balaban J connectivity index is 1.90. The summed E-state index contributed by atoms with van der Waals surface area (Å²) in [5.41, 5.74) is 1.68. The van der Waals surface area contributed by atoms with Crippen molar-refractivity contribution in [2.45, 2.75) is 46.6 Å². The minimum atomic E-state index is 0.362. The average Bonchev–Trinajstić information content (AvgIpc) is 2.70. The normalized spacial score (nSPS) is 21.5. The van der Waals surface area contributed by atoms with E-state index in [0.29, 0.717) is 11.5 Å². The molecule has 1 aromatic heterocycles. The topological polar surface area (TPSA) is 28.2 Å². The van der Waals surface area contributed by atoms with Crippen LogP contribution in [-0.4, -0.2) is 36.6 Å². The van der Waals surface area contributed by atoms with Crippen molar-refractivity contribution in [1.29, 1.82) is 0 Å². The van der Waals surface area contributed by atoms with Crippen LogP contribution in [0, 0.1) is 19.3 Å². The molecule has 1 fully saturated rings. The van der Waals surface area contributed by atoms with Crippen molar-refractivity contribution in [2.75, 3.05) is 26.7 Å². The molecule has 1 aliphatic heterocycles. The zero-order valence-corrected chi connectivity index (χ0v) is 13.7. The molecule has 0 amide bonds. The van der Waals surface area contributed by atoms with Gasteiger partial charge in [0.1, 0.15) is 0 Å². The summed E-state index contributed by atoms with van der Waals surface area (Å²) in [6.45, 7) is 12.5. The lowest BCUT2D eigenvalue weighted by atomic mass is 9.80. The van der Waals surface area contributed by atoms with Gasteiger partial charge in [-0.3, -0.25) is 0 Å². The van der Waals surface area contributed by atoms with Crippen LogP contribution < -0.4 is 5.32 Å². The summed E-state index contributed by atoms with van der Waals surface area (Å²) in [6.07, 6.45) is 2.58. The molecule has 0 radical (unpaired) electrons. The third kappa shape index (κ3) is 3.77. The average molecular weight is 281 g/mol. The van der Waals surface area contributed by atoms with Gasteiger partial charge in [0.2, 0.25) is 0 Å². The zero-order chi connectivity index (χ0) is 14.0. The van der Waals surface area contributed by atoms with Gasteiger partial charge in [-0.05, 0) is 59.2 Å². The molecular weight excluding hydrogens is 254 g/mol. The minimum Gasteiger partial charge on any atom is -0.308 e. The summed E-state index contributed by atoms with van der Waals surface area (Å²) in [5.74, 6) is 0. The fourth-order valence-corrected chi connectivity index (χ4v) is 3.69. The number of aromatic nitrogens is 1. The number of hydrogen-bond donors (Lipinski definition) is 1. The van der Waals surface area contributed by atoms with E-state index in [0.717, 1.165) is 6.54 Å². The molecule has 108 valence electrons. The summed E-state index contributed by atoms with van der Waals surface area (Å²) in [5, 5.41) is 4.88. The molecule has 0 aromatic carbocycles. The lowest BCUT2D eigenvalue weighted by molar-refractivity contribution is 0.134. The summed E-state index contributed by atoms with van der Waals surface area (Å²) in [6, 6.07) is 0.362. The molecule has 1 saturated heterocycles. The van der Waals surface area contributed by atoms with E-state index in [2.05, 4.69) is 49.9 Å². The van der Waals surface area contributed by atoms with Gasteiger partial charge in [-0.1, -0.05) is 6.92 Å².